The van der Waals surface area contributed by atoms with Gasteiger partial charge in [-0.2, -0.15) is 0 Å². The van der Waals surface area contributed by atoms with Crippen molar-refractivity contribution in [3.8, 4) is 0 Å². The summed E-state index contributed by atoms with van der Waals surface area (Å²) in [5, 5.41) is 15.1. The lowest BCUT2D eigenvalue weighted by molar-refractivity contribution is 0.558. The Balaban J connectivity index is 2.04. The molecular weight excluding hydrogens is 226 g/mol. The van der Waals surface area contributed by atoms with Crippen LogP contribution in [0, 0.1) is 13.8 Å². The fraction of sp³-hybridized carbons (Fsp3) is 0.462. The molecule has 0 aliphatic carbocycles. The third-order valence-corrected chi connectivity index (χ3v) is 2.71. The van der Waals surface area contributed by atoms with Gasteiger partial charge in [-0.15, -0.1) is 5.10 Å². The summed E-state index contributed by atoms with van der Waals surface area (Å²) in [5.74, 6) is 0.871. The van der Waals surface area contributed by atoms with Gasteiger partial charge in [0.2, 0.25) is 0 Å². The number of tetrazole rings is 1. The number of rotatable bonds is 5. The summed E-state index contributed by atoms with van der Waals surface area (Å²) >= 11 is 0. The molecule has 0 radical (unpaired) electrons. The minimum absolute atomic E-state index is 0.649. The molecule has 18 heavy (non-hydrogen) atoms. The maximum absolute atomic E-state index is 4.03. The molecule has 1 aromatic carbocycles. The van der Waals surface area contributed by atoms with Crippen molar-refractivity contribution in [2.45, 2.75) is 40.3 Å². The van der Waals surface area contributed by atoms with Crippen LogP contribution in [0.2, 0.25) is 0 Å². The van der Waals surface area contributed by atoms with Gasteiger partial charge in [-0.3, -0.25) is 0 Å². The van der Waals surface area contributed by atoms with Crippen LogP contribution >= 0.6 is 0 Å². The minimum Gasteiger partial charge on any atom is -0.378 e. The molecular formula is C13H19N5. The largest absolute Gasteiger partial charge is 0.378 e. The molecule has 96 valence electrons. The van der Waals surface area contributed by atoms with Gasteiger partial charge in [-0.1, -0.05) is 13.0 Å². The molecule has 1 heterocycles. The maximum Gasteiger partial charge on any atom is 0.170 e. The Bertz CT molecular complexity index is 498. The van der Waals surface area contributed by atoms with E-state index in [9.17, 15) is 0 Å². The normalized spacial score (nSPS) is 10.6. The monoisotopic (exact) mass is 245 g/mol. The van der Waals surface area contributed by atoms with E-state index in [1.165, 1.54) is 11.1 Å². The standard InChI is InChI=1S/C13H19N5/c1-4-5-18-13(15-16-17-18)9-14-12-7-10(2)6-11(3)8-12/h6-8,14H,4-5,9H2,1-3H3. The fourth-order valence-electron chi connectivity index (χ4n) is 1.99. The zero-order valence-electron chi connectivity index (χ0n) is 11.1. The van der Waals surface area contributed by atoms with E-state index in [0.717, 1.165) is 24.5 Å². The molecule has 0 unspecified atom stereocenters. The van der Waals surface area contributed by atoms with Crippen LogP contribution in [0.15, 0.2) is 18.2 Å². The average molecular weight is 245 g/mol. The van der Waals surface area contributed by atoms with E-state index in [1.54, 1.807) is 0 Å². The predicted octanol–water partition coefficient (Wildman–Crippen LogP) is 2.31. The van der Waals surface area contributed by atoms with E-state index in [-0.39, 0.29) is 0 Å². The first-order valence-electron chi connectivity index (χ1n) is 6.26. The Morgan fingerprint density at radius 1 is 1.17 bits per heavy atom. The number of aryl methyl sites for hydroxylation is 3. The number of hydrogen-bond acceptors (Lipinski definition) is 4. The van der Waals surface area contributed by atoms with Gasteiger partial charge in [-0.05, 0) is 54.0 Å². The van der Waals surface area contributed by atoms with Gasteiger partial charge in [0.25, 0.3) is 0 Å². The van der Waals surface area contributed by atoms with Crippen LogP contribution in [-0.4, -0.2) is 20.2 Å². The molecule has 0 saturated carbocycles. The molecule has 0 saturated heterocycles. The molecule has 0 aliphatic heterocycles. The number of nitrogens with one attached hydrogen (secondary N) is 1. The van der Waals surface area contributed by atoms with Crippen molar-refractivity contribution in [1.82, 2.24) is 20.2 Å². The molecule has 0 aliphatic rings. The van der Waals surface area contributed by atoms with E-state index in [4.69, 9.17) is 0 Å². The number of hydrogen-bond donors (Lipinski definition) is 1. The van der Waals surface area contributed by atoms with Crippen molar-refractivity contribution < 1.29 is 0 Å². The summed E-state index contributed by atoms with van der Waals surface area (Å²) in [5.41, 5.74) is 3.62. The third-order valence-electron chi connectivity index (χ3n) is 2.71. The van der Waals surface area contributed by atoms with Crippen molar-refractivity contribution in [3.05, 3.63) is 35.2 Å². The topological polar surface area (TPSA) is 55.6 Å². The zero-order chi connectivity index (χ0) is 13.0. The summed E-state index contributed by atoms with van der Waals surface area (Å²) in [7, 11) is 0. The Hall–Kier alpha value is -1.91. The van der Waals surface area contributed by atoms with Crippen LogP contribution in [0.25, 0.3) is 0 Å². The zero-order valence-corrected chi connectivity index (χ0v) is 11.1. The SMILES string of the molecule is CCCn1nnnc1CNc1cc(C)cc(C)c1. The molecule has 5 nitrogen and oxygen atoms in total. The van der Waals surface area contributed by atoms with Crippen molar-refractivity contribution in [3.63, 3.8) is 0 Å². The van der Waals surface area contributed by atoms with Crippen molar-refractivity contribution in [2.75, 3.05) is 5.32 Å². The van der Waals surface area contributed by atoms with Gasteiger partial charge in [0.15, 0.2) is 5.82 Å². The first-order chi connectivity index (χ1) is 8.69. The van der Waals surface area contributed by atoms with Crippen LogP contribution in [0.5, 0.6) is 0 Å². The second kappa shape index (κ2) is 5.62. The number of benzene rings is 1. The number of anilines is 1. The summed E-state index contributed by atoms with van der Waals surface area (Å²) in [6.45, 7) is 7.81. The molecule has 0 atom stereocenters. The summed E-state index contributed by atoms with van der Waals surface area (Å²) in [4.78, 5) is 0. The Labute approximate surface area is 107 Å². The molecule has 1 N–H and O–H groups in total. The molecule has 1 aromatic heterocycles. The molecule has 0 bridgehead atoms. The van der Waals surface area contributed by atoms with Crippen LogP contribution in [0.3, 0.4) is 0 Å². The summed E-state index contributed by atoms with van der Waals surface area (Å²) < 4.78 is 1.84. The smallest absolute Gasteiger partial charge is 0.170 e. The molecule has 5 heteroatoms. The van der Waals surface area contributed by atoms with Crippen molar-refractivity contribution in [1.29, 1.82) is 0 Å². The highest BCUT2D eigenvalue weighted by Crippen LogP contribution is 2.14. The Morgan fingerprint density at radius 3 is 2.56 bits per heavy atom. The number of aromatic nitrogens is 4. The maximum atomic E-state index is 4.03. The van der Waals surface area contributed by atoms with Gasteiger partial charge >= 0.3 is 0 Å². The van der Waals surface area contributed by atoms with Gasteiger partial charge in [0, 0.05) is 12.2 Å². The second-order valence-corrected chi connectivity index (χ2v) is 4.55. The average Bonchev–Trinajstić information content (AvgIpc) is 2.73. The van der Waals surface area contributed by atoms with E-state index >= 15 is 0 Å². The molecule has 0 fully saturated rings. The first kappa shape index (κ1) is 12.5. The number of nitrogens with zero attached hydrogens (tertiary/aromatic N) is 4. The van der Waals surface area contributed by atoms with Gasteiger partial charge in [0.1, 0.15) is 0 Å². The Morgan fingerprint density at radius 2 is 1.89 bits per heavy atom. The molecule has 2 rings (SSSR count). The van der Waals surface area contributed by atoms with Crippen molar-refractivity contribution in [2.24, 2.45) is 0 Å². The minimum atomic E-state index is 0.649. The van der Waals surface area contributed by atoms with Crippen LogP contribution < -0.4 is 5.32 Å². The van der Waals surface area contributed by atoms with E-state index in [1.807, 2.05) is 4.68 Å². The summed E-state index contributed by atoms with van der Waals surface area (Å²) in [6.07, 6.45) is 1.03. The van der Waals surface area contributed by atoms with Crippen molar-refractivity contribution >= 4 is 5.69 Å². The molecule has 2 aromatic rings. The van der Waals surface area contributed by atoms with E-state index < -0.39 is 0 Å². The lowest BCUT2D eigenvalue weighted by atomic mass is 10.1. The summed E-state index contributed by atoms with van der Waals surface area (Å²) in [6, 6.07) is 6.41. The van der Waals surface area contributed by atoms with Gasteiger partial charge < -0.3 is 5.32 Å². The van der Waals surface area contributed by atoms with E-state index in [0.29, 0.717) is 6.54 Å². The van der Waals surface area contributed by atoms with Gasteiger partial charge in [-0.25, -0.2) is 4.68 Å². The first-order valence-corrected chi connectivity index (χ1v) is 6.26. The lowest BCUT2D eigenvalue weighted by Crippen LogP contribution is -2.10. The third kappa shape index (κ3) is 3.06. The van der Waals surface area contributed by atoms with Gasteiger partial charge in [0.05, 0.1) is 6.54 Å². The molecule has 0 amide bonds. The van der Waals surface area contributed by atoms with Crippen LogP contribution in [0.1, 0.15) is 30.3 Å². The second-order valence-electron chi connectivity index (χ2n) is 4.55. The highest BCUT2D eigenvalue weighted by Gasteiger charge is 2.04. The Kier molecular flexibility index (Phi) is 3.92. The predicted molar refractivity (Wildman–Crippen MR) is 71.4 cm³/mol. The quantitative estimate of drug-likeness (QED) is 0.878. The van der Waals surface area contributed by atoms with Crippen LogP contribution in [0.4, 0.5) is 5.69 Å². The fourth-order valence-corrected chi connectivity index (χ4v) is 1.99. The van der Waals surface area contributed by atoms with E-state index in [2.05, 4.69) is 59.8 Å². The molecule has 0 spiro atoms. The highest BCUT2D eigenvalue weighted by atomic mass is 15.5. The highest BCUT2D eigenvalue weighted by molar-refractivity contribution is 5.48. The lowest BCUT2D eigenvalue weighted by Gasteiger charge is -2.08. The van der Waals surface area contributed by atoms with Crippen LogP contribution in [-0.2, 0) is 13.1 Å².